The molecule has 1 aliphatic carbocycles. The minimum Gasteiger partial charge on any atom is -0.256 e. The fourth-order valence-electron chi connectivity index (χ4n) is 4.21. The molecule has 0 fully saturated rings. The van der Waals surface area contributed by atoms with E-state index < -0.39 is 6.89 Å². The Balaban J connectivity index is 1.70. The number of allylic oxidation sites excluding steroid dienone is 1. The molecule has 1 aliphatic rings. The fourth-order valence-corrected chi connectivity index (χ4v) is 7.15. The molecule has 0 saturated carbocycles. The smallest absolute Gasteiger partial charge is 0.0702 e. The molecule has 2 aromatic heterocycles. The zero-order chi connectivity index (χ0) is 18.4. The third-order valence-corrected chi connectivity index (χ3v) is 8.33. The Morgan fingerprint density at radius 3 is 2.67 bits per heavy atom. The molecular formula is C24H19ClNP. The quantitative estimate of drug-likeness (QED) is 0.343. The van der Waals surface area contributed by atoms with Crippen LogP contribution in [0.25, 0.3) is 27.8 Å². The van der Waals surface area contributed by atoms with Crippen LogP contribution >= 0.6 is 18.1 Å². The van der Waals surface area contributed by atoms with Crippen molar-refractivity contribution in [3.05, 3.63) is 95.4 Å². The van der Waals surface area contributed by atoms with E-state index in [0.29, 0.717) is 11.8 Å². The van der Waals surface area contributed by atoms with E-state index in [9.17, 15) is 0 Å². The number of benzene rings is 2. The second-order valence-electron chi connectivity index (χ2n) is 7.13. The van der Waals surface area contributed by atoms with Gasteiger partial charge in [0, 0.05) is 28.1 Å². The van der Waals surface area contributed by atoms with Crippen molar-refractivity contribution in [3.8, 4) is 11.3 Å². The van der Waals surface area contributed by atoms with Gasteiger partial charge in [-0.3, -0.25) is 4.98 Å². The largest absolute Gasteiger partial charge is 0.256 e. The van der Waals surface area contributed by atoms with Gasteiger partial charge in [-0.1, -0.05) is 72.8 Å². The normalized spacial score (nSPS) is 19.3. The molecule has 0 aliphatic heterocycles. The number of fused-ring (bicyclic) bond motifs is 3. The molecule has 3 atom stereocenters. The van der Waals surface area contributed by atoms with Gasteiger partial charge in [0.05, 0.1) is 5.69 Å². The van der Waals surface area contributed by atoms with Crippen molar-refractivity contribution in [3.63, 3.8) is 0 Å². The molecule has 0 bridgehead atoms. The number of aromatic nitrogens is 1. The van der Waals surface area contributed by atoms with Crippen LogP contribution in [-0.2, 0) is 0 Å². The van der Waals surface area contributed by atoms with Gasteiger partial charge < -0.3 is 0 Å². The van der Waals surface area contributed by atoms with E-state index in [0.717, 1.165) is 11.3 Å². The number of halogens is 1. The van der Waals surface area contributed by atoms with Crippen molar-refractivity contribution in [2.45, 2.75) is 12.8 Å². The van der Waals surface area contributed by atoms with Gasteiger partial charge in [0.15, 0.2) is 0 Å². The first-order chi connectivity index (χ1) is 13.2. The first-order valence-corrected chi connectivity index (χ1v) is 11.5. The maximum Gasteiger partial charge on any atom is 0.0702 e. The van der Waals surface area contributed by atoms with Crippen LogP contribution in [0.1, 0.15) is 29.3 Å². The van der Waals surface area contributed by atoms with Crippen LogP contribution in [0.3, 0.4) is 0 Å². The van der Waals surface area contributed by atoms with Gasteiger partial charge in [0.25, 0.3) is 0 Å². The average Bonchev–Trinajstić information content (AvgIpc) is 3.01. The van der Waals surface area contributed by atoms with Gasteiger partial charge in [-0.2, -0.15) is 0 Å². The fraction of sp³-hybridized carbons (Fsp3) is 0.125. The molecule has 4 aromatic rings. The summed E-state index contributed by atoms with van der Waals surface area (Å²) in [6, 6.07) is 23.5. The van der Waals surface area contributed by atoms with Gasteiger partial charge in [0.1, 0.15) is 0 Å². The summed E-state index contributed by atoms with van der Waals surface area (Å²) in [5, 5.41) is 4.01. The molecule has 5 rings (SSSR count). The highest BCUT2D eigenvalue weighted by atomic mass is 35.7. The second-order valence-corrected chi connectivity index (χ2v) is 9.67. The van der Waals surface area contributed by atoms with Crippen molar-refractivity contribution in [2.24, 2.45) is 5.92 Å². The van der Waals surface area contributed by atoms with E-state index in [4.69, 9.17) is 11.2 Å². The Morgan fingerprint density at radius 1 is 0.963 bits per heavy atom. The molecule has 1 nitrogen and oxygen atoms in total. The summed E-state index contributed by atoms with van der Waals surface area (Å²) in [6.45, 7) is 1.49. The van der Waals surface area contributed by atoms with E-state index in [-0.39, 0.29) is 0 Å². The summed E-state index contributed by atoms with van der Waals surface area (Å²) in [5.74, 6) is 0.727. The van der Waals surface area contributed by atoms with Crippen LogP contribution in [0.4, 0.5) is 0 Å². The van der Waals surface area contributed by atoms with Gasteiger partial charge in [-0.25, -0.2) is 0 Å². The van der Waals surface area contributed by atoms with Crippen LogP contribution in [-0.4, -0.2) is 4.98 Å². The molecule has 2 aromatic carbocycles. The topological polar surface area (TPSA) is 12.9 Å². The van der Waals surface area contributed by atoms with Crippen LogP contribution in [0, 0.1) is 5.92 Å². The molecule has 0 saturated heterocycles. The zero-order valence-corrected chi connectivity index (χ0v) is 16.7. The Bertz CT molecular complexity index is 1160. The standard InChI is InChI=1S/C24H19ClNP/c1-16-12-13-20-19-9-2-3-11-22(19)27(25)24(20)23(16)18-8-6-7-17(15-18)21-10-4-5-14-26-21/h2-16,23H,1H3. The summed E-state index contributed by atoms with van der Waals surface area (Å²) in [7, 11) is 0. The van der Waals surface area contributed by atoms with E-state index >= 15 is 0 Å². The van der Waals surface area contributed by atoms with Crippen molar-refractivity contribution >= 4 is 34.7 Å². The van der Waals surface area contributed by atoms with Gasteiger partial charge in [-0.15, -0.1) is 0 Å². The molecule has 3 unspecified atom stereocenters. The molecule has 3 heteroatoms. The van der Waals surface area contributed by atoms with Crippen LogP contribution in [0.15, 0.2) is 79.0 Å². The monoisotopic (exact) mass is 387 g/mol. The lowest BCUT2D eigenvalue weighted by molar-refractivity contribution is 0.629. The van der Waals surface area contributed by atoms with Crippen LogP contribution in [0.2, 0.25) is 0 Å². The highest BCUT2D eigenvalue weighted by Gasteiger charge is 2.30. The predicted octanol–water partition coefficient (Wildman–Crippen LogP) is 7.69. The van der Waals surface area contributed by atoms with Crippen molar-refractivity contribution < 1.29 is 0 Å². The van der Waals surface area contributed by atoms with Crippen LogP contribution < -0.4 is 0 Å². The Hall–Kier alpha value is -2.34. The van der Waals surface area contributed by atoms with E-state index in [1.54, 1.807) is 0 Å². The summed E-state index contributed by atoms with van der Waals surface area (Å²) < 4.78 is 0. The van der Waals surface area contributed by atoms with E-state index in [1.165, 1.54) is 26.9 Å². The van der Waals surface area contributed by atoms with Crippen molar-refractivity contribution in [1.82, 2.24) is 4.98 Å². The Morgan fingerprint density at radius 2 is 1.81 bits per heavy atom. The van der Waals surface area contributed by atoms with Gasteiger partial charge in [-0.05, 0) is 53.6 Å². The molecule has 0 spiro atoms. The summed E-state index contributed by atoms with van der Waals surface area (Å²) in [4.78, 5) is 4.52. The minimum absolute atomic E-state index is 0.310. The Kier molecular flexibility index (Phi) is 4.16. The van der Waals surface area contributed by atoms with Crippen molar-refractivity contribution in [1.29, 1.82) is 0 Å². The number of hydrogen-bond acceptors (Lipinski definition) is 1. The lowest BCUT2D eigenvalue weighted by Crippen LogP contribution is -2.12. The molecule has 0 amide bonds. The molecule has 132 valence electrons. The Labute approximate surface area is 165 Å². The minimum atomic E-state index is -0.807. The number of rotatable bonds is 2. The lowest BCUT2D eigenvalue weighted by atomic mass is 9.80. The zero-order valence-electron chi connectivity index (χ0n) is 15.0. The lowest BCUT2D eigenvalue weighted by Gasteiger charge is -2.27. The number of pyridine rings is 1. The number of nitrogens with zero attached hydrogens (tertiary/aromatic N) is 1. The van der Waals surface area contributed by atoms with Gasteiger partial charge >= 0.3 is 0 Å². The average molecular weight is 388 g/mol. The summed E-state index contributed by atoms with van der Waals surface area (Å²) in [6.07, 6.45) is 6.46. The first kappa shape index (κ1) is 16.8. The molecule has 27 heavy (non-hydrogen) atoms. The highest BCUT2D eigenvalue weighted by molar-refractivity contribution is 7.82. The van der Waals surface area contributed by atoms with E-state index in [2.05, 4.69) is 78.7 Å². The predicted molar refractivity (Wildman–Crippen MR) is 118 cm³/mol. The highest BCUT2D eigenvalue weighted by Crippen LogP contribution is 2.58. The van der Waals surface area contributed by atoms with Crippen molar-refractivity contribution in [2.75, 3.05) is 0 Å². The van der Waals surface area contributed by atoms with E-state index in [1.807, 2.05) is 18.3 Å². The molecular weight excluding hydrogens is 369 g/mol. The second kappa shape index (κ2) is 6.68. The summed E-state index contributed by atoms with van der Waals surface area (Å²) >= 11 is 7.04. The first-order valence-electron chi connectivity index (χ1n) is 9.23. The maximum atomic E-state index is 7.04. The van der Waals surface area contributed by atoms with Crippen LogP contribution in [0.5, 0.6) is 0 Å². The third-order valence-electron chi connectivity index (χ3n) is 5.49. The third kappa shape index (κ3) is 2.74. The summed E-state index contributed by atoms with van der Waals surface area (Å²) in [5.41, 5.74) is 4.82. The molecule has 0 radical (unpaired) electrons. The van der Waals surface area contributed by atoms with Gasteiger partial charge in [0.2, 0.25) is 0 Å². The number of hydrogen-bond donors (Lipinski definition) is 0. The maximum absolute atomic E-state index is 7.04. The molecule has 0 N–H and O–H groups in total. The SMILES string of the molecule is CC1C=Cc2c(p(Cl)c3ccccc23)C1c1cccc(-c2ccccn2)c1. The molecule has 2 heterocycles.